The van der Waals surface area contributed by atoms with Gasteiger partial charge in [-0.25, -0.2) is 4.79 Å². The van der Waals surface area contributed by atoms with Crippen LogP contribution in [0.4, 0.5) is 0 Å². The minimum Gasteiger partial charge on any atom is -0.427 e. The molecule has 2 aromatic rings. The summed E-state index contributed by atoms with van der Waals surface area (Å²) in [4.78, 5) is 26.9. The van der Waals surface area contributed by atoms with E-state index in [0.717, 1.165) is 12.8 Å². The van der Waals surface area contributed by atoms with Crippen LogP contribution in [0.3, 0.4) is 0 Å². The van der Waals surface area contributed by atoms with Gasteiger partial charge < -0.3 is 14.1 Å². The fourth-order valence-electron chi connectivity index (χ4n) is 3.34. The van der Waals surface area contributed by atoms with Gasteiger partial charge in [0.05, 0.1) is 19.3 Å². The lowest BCUT2D eigenvalue weighted by atomic mass is 10.0. The van der Waals surface area contributed by atoms with Gasteiger partial charge in [0.15, 0.2) is 0 Å². The zero-order valence-electron chi connectivity index (χ0n) is 15.4. The molecule has 138 valence electrons. The Morgan fingerprint density at radius 3 is 2.69 bits per heavy atom. The number of carbonyl (C=O) groups is 1. The number of nitrogens with zero attached hydrogens (tertiary/aromatic N) is 1. The van der Waals surface area contributed by atoms with E-state index in [1.54, 1.807) is 11.8 Å². The molecule has 1 saturated heterocycles. The zero-order chi connectivity index (χ0) is 18.5. The van der Waals surface area contributed by atoms with Crippen LogP contribution >= 0.6 is 0 Å². The summed E-state index contributed by atoms with van der Waals surface area (Å²) in [6, 6.07) is 12.0. The van der Waals surface area contributed by atoms with Crippen molar-refractivity contribution in [3.63, 3.8) is 0 Å². The van der Waals surface area contributed by atoms with Crippen molar-refractivity contribution in [1.29, 1.82) is 0 Å². The van der Waals surface area contributed by atoms with Gasteiger partial charge in [0.2, 0.25) is 0 Å². The quantitative estimate of drug-likeness (QED) is 0.827. The second kappa shape index (κ2) is 8.32. The van der Waals surface area contributed by atoms with E-state index in [-0.39, 0.29) is 17.5 Å². The van der Waals surface area contributed by atoms with Gasteiger partial charge in [0.25, 0.3) is 5.91 Å². The van der Waals surface area contributed by atoms with Gasteiger partial charge in [-0.3, -0.25) is 4.79 Å². The Kier molecular flexibility index (Phi) is 5.89. The smallest absolute Gasteiger partial charge is 0.349 e. The lowest BCUT2D eigenvalue weighted by Gasteiger charge is -2.33. The summed E-state index contributed by atoms with van der Waals surface area (Å²) >= 11 is 0. The molecule has 0 unspecified atom stereocenters. The number of morpholine rings is 1. The molecule has 0 saturated carbocycles. The summed E-state index contributed by atoms with van der Waals surface area (Å²) in [5.74, 6) is 0.373. The molecule has 0 radical (unpaired) electrons. The molecular weight excluding hydrogens is 330 g/mol. The van der Waals surface area contributed by atoms with Crippen LogP contribution in [0.2, 0.25) is 0 Å². The van der Waals surface area contributed by atoms with Crippen molar-refractivity contribution in [2.24, 2.45) is 0 Å². The summed E-state index contributed by atoms with van der Waals surface area (Å²) in [6.45, 7) is 5.21. The van der Waals surface area contributed by atoms with Crippen LogP contribution in [0.25, 0.3) is 0 Å². The highest BCUT2D eigenvalue weighted by atomic mass is 16.5. The van der Waals surface area contributed by atoms with Crippen molar-refractivity contribution in [3.05, 3.63) is 69.3 Å². The van der Waals surface area contributed by atoms with Gasteiger partial charge in [-0.2, -0.15) is 0 Å². The molecule has 5 heteroatoms. The number of benzene rings is 1. The average Bonchev–Trinajstić information content (AvgIpc) is 2.62. The number of hydrogen-bond donors (Lipinski definition) is 0. The lowest BCUT2D eigenvalue weighted by molar-refractivity contribution is 0.00329. The van der Waals surface area contributed by atoms with Crippen molar-refractivity contribution in [3.8, 4) is 0 Å². The van der Waals surface area contributed by atoms with E-state index >= 15 is 0 Å². The maximum atomic E-state index is 12.8. The number of ether oxygens (including phenoxy) is 1. The Bertz CT molecular complexity index is 813. The van der Waals surface area contributed by atoms with Crippen molar-refractivity contribution < 1.29 is 13.9 Å². The zero-order valence-corrected chi connectivity index (χ0v) is 15.4. The standard InChI is InChI=1S/C21H25NO4/c1-15-13-18(10-6-9-17-7-4-3-5-8-17)26-21(24)19(15)20(23)22-11-12-25-14-16(22)2/h3-5,7-8,13,16H,6,9-12,14H2,1-2H3/t16-/m1/s1. The summed E-state index contributed by atoms with van der Waals surface area (Å²) in [5, 5.41) is 0. The van der Waals surface area contributed by atoms with E-state index < -0.39 is 5.63 Å². The van der Waals surface area contributed by atoms with E-state index in [1.165, 1.54) is 5.56 Å². The number of aryl methyl sites for hydroxylation is 3. The minimum atomic E-state index is -0.539. The number of rotatable bonds is 5. The van der Waals surface area contributed by atoms with E-state index in [2.05, 4.69) is 12.1 Å². The summed E-state index contributed by atoms with van der Waals surface area (Å²) in [5.41, 5.74) is 1.55. The summed E-state index contributed by atoms with van der Waals surface area (Å²) in [6.07, 6.45) is 2.49. The molecule has 0 bridgehead atoms. The van der Waals surface area contributed by atoms with E-state index in [1.807, 2.05) is 31.2 Å². The normalized spacial score (nSPS) is 17.3. The fraction of sp³-hybridized carbons (Fsp3) is 0.429. The Labute approximate surface area is 153 Å². The lowest BCUT2D eigenvalue weighted by Crippen LogP contribution is -2.48. The molecule has 5 nitrogen and oxygen atoms in total. The van der Waals surface area contributed by atoms with Crippen LogP contribution in [0.15, 0.2) is 45.6 Å². The number of carbonyl (C=O) groups excluding carboxylic acids is 1. The van der Waals surface area contributed by atoms with Gasteiger partial charge in [0.1, 0.15) is 11.3 Å². The molecule has 3 rings (SSSR count). The highest BCUT2D eigenvalue weighted by Gasteiger charge is 2.28. The van der Waals surface area contributed by atoms with E-state index in [4.69, 9.17) is 9.15 Å². The van der Waals surface area contributed by atoms with Crippen LogP contribution < -0.4 is 5.63 Å². The molecule has 1 atom stereocenters. The minimum absolute atomic E-state index is 0.0411. The topological polar surface area (TPSA) is 59.8 Å². The fourth-order valence-corrected chi connectivity index (χ4v) is 3.34. The Balaban J connectivity index is 1.69. The van der Waals surface area contributed by atoms with Gasteiger partial charge in [0, 0.05) is 13.0 Å². The molecule has 1 aromatic carbocycles. The molecule has 0 aliphatic carbocycles. The highest BCUT2D eigenvalue weighted by Crippen LogP contribution is 2.15. The van der Waals surface area contributed by atoms with E-state index in [9.17, 15) is 9.59 Å². The van der Waals surface area contributed by atoms with Gasteiger partial charge in [-0.05, 0) is 43.9 Å². The summed E-state index contributed by atoms with van der Waals surface area (Å²) < 4.78 is 10.8. The van der Waals surface area contributed by atoms with Crippen molar-refractivity contribution >= 4 is 5.91 Å². The first kappa shape index (κ1) is 18.4. The molecule has 1 amide bonds. The first-order chi connectivity index (χ1) is 12.6. The second-order valence-corrected chi connectivity index (χ2v) is 6.82. The molecule has 1 aliphatic heterocycles. The Morgan fingerprint density at radius 1 is 1.23 bits per heavy atom. The van der Waals surface area contributed by atoms with E-state index in [0.29, 0.717) is 37.5 Å². The number of amides is 1. The third-order valence-electron chi connectivity index (χ3n) is 4.77. The maximum Gasteiger partial charge on any atom is 0.349 e. The van der Waals surface area contributed by atoms with Crippen LogP contribution in [0.1, 0.15) is 40.6 Å². The van der Waals surface area contributed by atoms with Gasteiger partial charge in [-0.15, -0.1) is 0 Å². The largest absolute Gasteiger partial charge is 0.427 e. The highest BCUT2D eigenvalue weighted by molar-refractivity contribution is 5.95. The second-order valence-electron chi connectivity index (χ2n) is 6.82. The molecule has 1 fully saturated rings. The molecule has 1 aliphatic rings. The molecule has 2 heterocycles. The first-order valence-electron chi connectivity index (χ1n) is 9.12. The predicted octanol–water partition coefficient (Wildman–Crippen LogP) is 2.98. The van der Waals surface area contributed by atoms with Crippen LogP contribution in [0, 0.1) is 6.92 Å². The van der Waals surface area contributed by atoms with Gasteiger partial charge in [-0.1, -0.05) is 30.3 Å². The average molecular weight is 355 g/mol. The van der Waals surface area contributed by atoms with Crippen molar-refractivity contribution in [2.75, 3.05) is 19.8 Å². The molecule has 26 heavy (non-hydrogen) atoms. The molecule has 0 N–H and O–H groups in total. The van der Waals surface area contributed by atoms with Crippen LogP contribution in [0.5, 0.6) is 0 Å². The number of hydrogen-bond acceptors (Lipinski definition) is 4. The Morgan fingerprint density at radius 2 is 2.00 bits per heavy atom. The van der Waals surface area contributed by atoms with Gasteiger partial charge >= 0.3 is 5.63 Å². The predicted molar refractivity (Wildman–Crippen MR) is 99.5 cm³/mol. The van der Waals surface area contributed by atoms with Crippen molar-refractivity contribution in [1.82, 2.24) is 4.90 Å². The third kappa shape index (κ3) is 4.22. The first-order valence-corrected chi connectivity index (χ1v) is 9.12. The van der Waals surface area contributed by atoms with Crippen LogP contribution in [-0.4, -0.2) is 36.6 Å². The molecule has 0 spiro atoms. The van der Waals surface area contributed by atoms with Crippen LogP contribution in [-0.2, 0) is 17.6 Å². The van der Waals surface area contributed by atoms with Crippen molar-refractivity contribution in [2.45, 2.75) is 39.2 Å². The monoisotopic (exact) mass is 355 g/mol. The SMILES string of the molecule is Cc1cc(CCCc2ccccc2)oc(=O)c1C(=O)N1CCOC[C@H]1C. The maximum absolute atomic E-state index is 12.8. The third-order valence-corrected chi connectivity index (χ3v) is 4.77. The summed E-state index contributed by atoms with van der Waals surface area (Å²) in [7, 11) is 0. The molecule has 1 aromatic heterocycles. The molecular formula is C21H25NO4. The Hall–Kier alpha value is -2.40.